The third-order valence-electron chi connectivity index (χ3n) is 6.03. The number of piperazine rings is 1. The van der Waals surface area contributed by atoms with Gasteiger partial charge in [-0.15, -0.1) is 0 Å². The van der Waals surface area contributed by atoms with Gasteiger partial charge in [-0.3, -0.25) is 0 Å². The molecular formula is C22H18N6O7S2. The highest BCUT2D eigenvalue weighted by Gasteiger charge is 2.31. The number of benzene rings is 3. The van der Waals surface area contributed by atoms with Crippen molar-refractivity contribution in [2.75, 3.05) is 31.1 Å². The fourth-order valence-corrected chi connectivity index (χ4v) is 6.82. The summed E-state index contributed by atoms with van der Waals surface area (Å²) in [6.45, 7) is 1.39. The van der Waals surface area contributed by atoms with Crippen molar-refractivity contribution in [2.24, 2.45) is 0 Å². The number of fused-ring (bicyclic) bond motifs is 2. The van der Waals surface area contributed by atoms with Gasteiger partial charge in [0.1, 0.15) is 26.6 Å². The van der Waals surface area contributed by atoms with Crippen molar-refractivity contribution in [1.82, 2.24) is 24.9 Å². The van der Waals surface area contributed by atoms with E-state index in [1.807, 2.05) is 4.90 Å². The lowest BCUT2D eigenvalue weighted by Gasteiger charge is -2.35. The molecule has 0 aliphatic carbocycles. The summed E-state index contributed by atoms with van der Waals surface area (Å²) in [5.74, 6) is 0.118. The van der Waals surface area contributed by atoms with Crippen LogP contribution < -0.4 is 9.08 Å². The summed E-state index contributed by atoms with van der Waals surface area (Å²) in [5, 5.41) is 14.7. The molecule has 1 aliphatic heterocycles. The van der Waals surface area contributed by atoms with Gasteiger partial charge in [-0.25, -0.2) is 17.7 Å². The summed E-state index contributed by atoms with van der Waals surface area (Å²) < 4.78 is 68.0. The molecule has 3 aromatic carbocycles. The maximum absolute atomic E-state index is 13.2. The lowest BCUT2D eigenvalue weighted by molar-refractivity contribution is 0.315. The number of rotatable bonds is 6. The fraction of sp³-hybridized carbons (Fsp3) is 0.182. The molecule has 1 aliphatic rings. The molecule has 13 nitrogen and oxygen atoms in total. The van der Waals surface area contributed by atoms with Crippen LogP contribution in [0.2, 0.25) is 0 Å². The molecule has 6 rings (SSSR count). The van der Waals surface area contributed by atoms with Crippen LogP contribution in [0.25, 0.3) is 22.1 Å². The van der Waals surface area contributed by atoms with Crippen LogP contribution in [0.1, 0.15) is 0 Å². The first-order valence-electron chi connectivity index (χ1n) is 11.1. The Morgan fingerprint density at radius 1 is 0.676 bits per heavy atom. The number of sulfonamides is 1. The molecule has 0 bridgehead atoms. The Labute approximate surface area is 210 Å². The van der Waals surface area contributed by atoms with E-state index in [0.717, 1.165) is 5.69 Å². The quantitative estimate of drug-likeness (QED) is 0.287. The van der Waals surface area contributed by atoms with Gasteiger partial charge < -0.3 is 9.08 Å². The monoisotopic (exact) mass is 542 g/mol. The minimum atomic E-state index is -4.17. The van der Waals surface area contributed by atoms with E-state index in [1.165, 1.54) is 34.6 Å². The Kier molecular flexibility index (Phi) is 5.54. The van der Waals surface area contributed by atoms with E-state index < -0.39 is 20.1 Å². The highest BCUT2D eigenvalue weighted by Crippen LogP contribution is 2.28. The van der Waals surface area contributed by atoms with Crippen LogP contribution in [0.5, 0.6) is 5.75 Å². The molecule has 190 valence electrons. The third kappa shape index (κ3) is 4.16. The minimum Gasteiger partial charge on any atom is -0.379 e. The molecule has 0 radical (unpaired) electrons. The lowest BCUT2D eigenvalue weighted by atomic mass is 10.2. The van der Waals surface area contributed by atoms with Crippen molar-refractivity contribution >= 4 is 47.9 Å². The third-order valence-corrected chi connectivity index (χ3v) is 9.24. The molecule has 15 heteroatoms. The van der Waals surface area contributed by atoms with Crippen LogP contribution in [0.15, 0.2) is 79.7 Å². The summed E-state index contributed by atoms with van der Waals surface area (Å²) in [5.41, 5.74) is 1.76. The second kappa shape index (κ2) is 8.79. The number of hydrogen-bond acceptors (Lipinski definition) is 12. The van der Waals surface area contributed by atoms with E-state index in [2.05, 4.69) is 25.3 Å². The van der Waals surface area contributed by atoms with E-state index in [1.54, 1.807) is 30.3 Å². The van der Waals surface area contributed by atoms with Crippen LogP contribution in [0.3, 0.4) is 0 Å². The highest BCUT2D eigenvalue weighted by molar-refractivity contribution is 7.89. The van der Waals surface area contributed by atoms with Crippen molar-refractivity contribution < 1.29 is 30.3 Å². The zero-order valence-corrected chi connectivity index (χ0v) is 20.6. The molecule has 1 saturated heterocycles. The van der Waals surface area contributed by atoms with Gasteiger partial charge in [0.2, 0.25) is 10.0 Å². The molecule has 0 amide bonds. The van der Waals surface area contributed by atoms with Gasteiger partial charge in [0.25, 0.3) is 0 Å². The number of anilines is 1. The van der Waals surface area contributed by atoms with Crippen molar-refractivity contribution in [2.45, 2.75) is 9.79 Å². The lowest BCUT2D eigenvalue weighted by Crippen LogP contribution is -2.48. The molecule has 1 fully saturated rings. The summed E-state index contributed by atoms with van der Waals surface area (Å²) in [6, 6.07) is 15.7. The number of nitrogens with zero attached hydrogens (tertiary/aromatic N) is 6. The second-order valence-corrected chi connectivity index (χ2v) is 11.6. The van der Waals surface area contributed by atoms with E-state index in [9.17, 15) is 16.8 Å². The van der Waals surface area contributed by atoms with E-state index in [-0.39, 0.29) is 39.7 Å². The largest absolute Gasteiger partial charge is 0.379 e. The van der Waals surface area contributed by atoms with Crippen molar-refractivity contribution in [3.05, 3.63) is 60.7 Å². The Balaban J connectivity index is 1.14. The molecule has 2 aromatic heterocycles. The Bertz CT molecular complexity index is 1810. The van der Waals surface area contributed by atoms with Gasteiger partial charge in [0.15, 0.2) is 11.0 Å². The highest BCUT2D eigenvalue weighted by atomic mass is 32.2. The van der Waals surface area contributed by atoms with Crippen molar-refractivity contribution in [3.8, 4) is 5.75 Å². The Hall–Kier alpha value is -4.08. The van der Waals surface area contributed by atoms with Gasteiger partial charge in [-0.2, -0.15) is 12.7 Å². The molecule has 0 spiro atoms. The van der Waals surface area contributed by atoms with Gasteiger partial charge in [-0.1, -0.05) is 12.1 Å². The first-order valence-corrected chi connectivity index (χ1v) is 13.9. The first kappa shape index (κ1) is 23.3. The fourth-order valence-electron chi connectivity index (χ4n) is 4.18. The second-order valence-electron chi connectivity index (χ2n) is 8.20. The molecule has 37 heavy (non-hydrogen) atoms. The van der Waals surface area contributed by atoms with Crippen LogP contribution in [-0.2, 0) is 20.1 Å². The molecule has 0 N–H and O–H groups in total. The van der Waals surface area contributed by atoms with Crippen LogP contribution in [0, 0.1) is 0 Å². The summed E-state index contributed by atoms with van der Waals surface area (Å²) >= 11 is 0. The SMILES string of the molecule is O=S(=O)(Oc1ccc(N2CCN(S(=O)(=O)c3cccc4nonc34)CC2)cc1)c1cccc2nonc12. The predicted octanol–water partition coefficient (Wildman–Crippen LogP) is 2.04. The van der Waals surface area contributed by atoms with Gasteiger partial charge in [0, 0.05) is 31.9 Å². The zero-order chi connectivity index (χ0) is 25.6. The maximum atomic E-state index is 13.2. The molecule has 0 atom stereocenters. The number of hydrogen-bond donors (Lipinski definition) is 0. The van der Waals surface area contributed by atoms with Crippen molar-refractivity contribution in [1.29, 1.82) is 0 Å². The predicted molar refractivity (Wildman–Crippen MR) is 129 cm³/mol. The van der Waals surface area contributed by atoms with Crippen molar-refractivity contribution in [3.63, 3.8) is 0 Å². The van der Waals surface area contributed by atoms with E-state index >= 15 is 0 Å². The molecule has 3 heterocycles. The van der Waals surface area contributed by atoms with Crippen LogP contribution in [-0.4, -0.2) is 67.9 Å². The Morgan fingerprint density at radius 3 is 1.86 bits per heavy atom. The average Bonchev–Trinajstić information content (AvgIpc) is 3.58. The summed E-state index contributed by atoms with van der Waals surface area (Å²) in [4.78, 5) is 1.91. The van der Waals surface area contributed by atoms with Gasteiger partial charge in [0.05, 0.1) is 0 Å². The zero-order valence-electron chi connectivity index (χ0n) is 19.0. The van der Waals surface area contributed by atoms with E-state index in [4.69, 9.17) is 8.81 Å². The maximum Gasteiger partial charge on any atom is 0.341 e. The normalized spacial score (nSPS) is 15.4. The summed E-state index contributed by atoms with van der Waals surface area (Å²) in [7, 11) is -7.96. The first-order chi connectivity index (χ1) is 17.8. The number of aromatic nitrogens is 4. The van der Waals surface area contributed by atoms with Gasteiger partial charge >= 0.3 is 10.1 Å². The van der Waals surface area contributed by atoms with Crippen LogP contribution >= 0.6 is 0 Å². The minimum absolute atomic E-state index is 0.0551. The molecule has 0 saturated carbocycles. The average molecular weight is 543 g/mol. The van der Waals surface area contributed by atoms with E-state index in [0.29, 0.717) is 24.1 Å². The smallest absolute Gasteiger partial charge is 0.341 e. The molecular weight excluding hydrogens is 524 g/mol. The Morgan fingerprint density at radius 2 is 1.24 bits per heavy atom. The van der Waals surface area contributed by atoms with Crippen LogP contribution in [0.4, 0.5) is 5.69 Å². The standard InChI is InChI=1S/C22H18N6O7S2/c29-36(30,19-5-1-3-17-21(19)25-34-23-17)28-13-11-27(12-14-28)15-7-9-16(10-8-15)33-37(31,32)20-6-2-4-18-22(20)26-35-24-18/h1-10H,11-14H2. The summed E-state index contributed by atoms with van der Waals surface area (Å²) in [6.07, 6.45) is 0. The topological polar surface area (TPSA) is 162 Å². The van der Waals surface area contributed by atoms with Gasteiger partial charge in [-0.05, 0) is 69.2 Å². The molecule has 5 aromatic rings. The molecule has 0 unspecified atom stereocenters.